The maximum Gasteiger partial charge on any atom is 0.233 e. The molecular formula is C20H24ClNO2S. The maximum absolute atomic E-state index is 12.1. The predicted octanol–water partition coefficient (Wildman–Crippen LogP) is 4.97. The molecule has 134 valence electrons. The molecule has 0 fully saturated rings. The third kappa shape index (κ3) is 7.00. The van der Waals surface area contributed by atoms with E-state index in [0.717, 1.165) is 23.5 Å². The summed E-state index contributed by atoms with van der Waals surface area (Å²) < 4.78 is 5.66. The Morgan fingerprint density at radius 3 is 2.48 bits per heavy atom. The molecule has 0 aliphatic heterocycles. The van der Waals surface area contributed by atoms with Gasteiger partial charge in [0.05, 0.1) is 11.8 Å². The number of halogens is 1. The number of benzene rings is 2. The van der Waals surface area contributed by atoms with E-state index in [1.807, 2.05) is 43.3 Å². The fourth-order valence-electron chi connectivity index (χ4n) is 2.30. The molecule has 0 heterocycles. The minimum Gasteiger partial charge on any atom is -0.492 e. The van der Waals surface area contributed by atoms with Crippen LogP contribution in [-0.4, -0.2) is 24.3 Å². The molecular weight excluding hydrogens is 354 g/mol. The summed E-state index contributed by atoms with van der Waals surface area (Å²) in [5, 5.41) is 3.43. The van der Waals surface area contributed by atoms with Gasteiger partial charge in [0, 0.05) is 9.92 Å². The second-order valence-corrected chi connectivity index (χ2v) is 7.60. The van der Waals surface area contributed by atoms with Crippen molar-refractivity contribution in [2.45, 2.75) is 36.8 Å². The Hall–Kier alpha value is -1.65. The van der Waals surface area contributed by atoms with Gasteiger partial charge in [0.15, 0.2) is 0 Å². The van der Waals surface area contributed by atoms with Gasteiger partial charge in [0.1, 0.15) is 12.4 Å². The van der Waals surface area contributed by atoms with Crippen LogP contribution in [0.1, 0.15) is 25.8 Å². The first-order chi connectivity index (χ1) is 12.1. The molecule has 0 unspecified atom stereocenters. The largest absolute Gasteiger partial charge is 0.492 e. The minimum absolute atomic E-state index is 0.00171. The van der Waals surface area contributed by atoms with Crippen molar-refractivity contribution in [2.75, 3.05) is 13.2 Å². The molecule has 3 nitrogen and oxygen atoms in total. The van der Waals surface area contributed by atoms with E-state index < -0.39 is 0 Å². The average molecular weight is 378 g/mol. The van der Waals surface area contributed by atoms with Crippen LogP contribution < -0.4 is 10.1 Å². The highest BCUT2D eigenvalue weighted by molar-refractivity contribution is 8.00. The van der Waals surface area contributed by atoms with Crippen LogP contribution >= 0.6 is 23.4 Å². The van der Waals surface area contributed by atoms with Crippen molar-refractivity contribution in [3.05, 3.63) is 59.1 Å². The Labute approximate surface area is 159 Å². The molecule has 0 saturated carbocycles. The third-order valence-electron chi connectivity index (χ3n) is 3.63. The molecule has 1 amide bonds. The topological polar surface area (TPSA) is 38.3 Å². The molecule has 0 spiro atoms. The number of ether oxygens (including phenoxy) is 1. The van der Waals surface area contributed by atoms with E-state index in [4.69, 9.17) is 16.3 Å². The Morgan fingerprint density at radius 1 is 1.16 bits per heavy atom. The van der Waals surface area contributed by atoms with Crippen molar-refractivity contribution in [3.8, 4) is 5.75 Å². The fourth-order valence-corrected chi connectivity index (χ4v) is 3.32. The Balaban J connectivity index is 1.68. The van der Waals surface area contributed by atoms with Gasteiger partial charge in [-0.3, -0.25) is 4.79 Å². The maximum atomic E-state index is 12.1. The second kappa shape index (κ2) is 10.4. The number of hydrogen-bond acceptors (Lipinski definition) is 3. The zero-order valence-electron chi connectivity index (χ0n) is 14.6. The standard InChI is InChI=1S/C20H24ClNO2S/c1-3-4-16-5-9-18(10-6-16)24-14-13-22-20(23)15(2)25-19-11-7-17(21)8-12-19/h5-12,15H,3-4,13-14H2,1-2H3,(H,22,23)/t15-/m0/s1. The van der Waals surface area contributed by atoms with E-state index in [0.29, 0.717) is 18.2 Å². The number of carbonyl (C=O) groups excluding carboxylic acids is 1. The van der Waals surface area contributed by atoms with Crippen LogP contribution in [0.4, 0.5) is 0 Å². The summed E-state index contributed by atoms with van der Waals surface area (Å²) in [6, 6.07) is 15.6. The first kappa shape index (κ1) is 19.7. The summed E-state index contributed by atoms with van der Waals surface area (Å²) in [6.45, 7) is 5.00. The Bertz CT molecular complexity index is 658. The van der Waals surface area contributed by atoms with E-state index >= 15 is 0 Å². The van der Waals surface area contributed by atoms with E-state index in [2.05, 4.69) is 24.4 Å². The van der Waals surface area contributed by atoms with Gasteiger partial charge in [0.2, 0.25) is 5.91 Å². The lowest BCUT2D eigenvalue weighted by atomic mass is 10.1. The lowest BCUT2D eigenvalue weighted by Crippen LogP contribution is -2.33. The molecule has 2 aromatic rings. The van der Waals surface area contributed by atoms with Gasteiger partial charge in [-0.25, -0.2) is 0 Å². The third-order valence-corrected chi connectivity index (χ3v) is 4.99. The SMILES string of the molecule is CCCc1ccc(OCCNC(=O)[C@H](C)Sc2ccc(Cl)cc2)cc1. The summed E-state index contributed by atoms with van der Waals surface area (Å²) in [5.74, 6) is 0.833. The first-order valence-corrected chi connectivity index (χ1v) is 9.76. The van der Waals surface area contributed by atoms with Crippen molar-refractivity contribution in [1.29, 1.82) is 0 Å². The zero-order valence-corrected chi connectivity index (χ0v) is 16.2. The van der Waals surface area contributed by atoms with Gasteiger partial charge in [-0.2, -0.15) is 0 Å². The second-order valence-electron chi connectivity index (χ2n) is 5.75. The minimum atomic E-state index is -0.172. The van der Waals surface area contributed by atoms with E-state index in [9.17, 15) is 4.79 Å². The van der Waals surface area contributed by atoms with Crippen LogP contribution in [0, 0.1) is 0 Å². The first-order valence-electron chi connectivity index (χ1n) is 8.50. The molecule has 1 atom stereocenters. The van der Waals surface area contributed by atoms with Crippen LogP contribution in [0.2, 0.25) is 5.02 Å². The number of nitrogens with one attached hydrogen (secondary N) is 1. The molecule has 0 bridgehead atoms. The lowest BCUT2D eigenvalue weighted by molar-refractivity contribution is -0.120. The molecule has 0 aliphatic carbocycles. The number of rotatable bonds is 9. The Kier molecular flexibility index (Phi) is 8.16. The number of aryl methyl sites for hydroxylation is 1. The number of carbonyl (C=O) groups is 1. The zero-order chi connectivity index (χ0) is 18.1. The fraction of sp³-hybridized carbons (Fsp3) is 0.350. The molecule has 2 rings (SSSR count). The monoisotopic (exact) mass is 377 g/mol. The van der Waals surface area contributed by atoms with Crippen LogP contribution in [-0.2, 0) is 11.2 Å². The van der Waals surface area contributed by atoms with E-state index in [1.165, 1.54) is 17.3 Å². The van der Waals surface area contributed by atoms with Crippen molar-refractivity contribution >= 4 is 29.3 Å². The highest BCUT2D eigenvalue weighted by Crippen LogP contribution is 2.24. The lowest BCUT2D eigenvalue weighted by Gasteiger charge is -2.13. The predicted molar refractivity (Wildman–Crippen MR) is 106 cm³/mol. The van der Waals surface area contributed by atoms with Gasteiger partial charge < -0.3 is 10.1 Å². The molecule has 1 N–H and O–H groups in total. The Morgan fingerprint density at radius 2 is 1.84 bits per heavy atom. The highest BCUT2D eigenvalue weighted by Gasteiger charge is 2.13. The highest BCUT2D eigenvalue weighted by atomic mass is 35.5. The quantitative estimate of drug-likeness (QED) is 0.495. The normalized spacial score (nSPS) is 11.8. The average Bonchev–Trinajstić information content (AvgIpc) is 2.62. The van der Waals surface area contributed by atoms with Crippen molar-refractivity contribution in [3.63, 3.8) is 0 Å². The molecule has 0 aliphatic rings. The van der Waals surface area contributed by atoms with Crippen LogP contribution in [0.5, 0.6) is 5.75 Å². The molecule has 0 saturated heterocycles. The number of hydrogen-bond donors (Lipinski definition) is 1. The number of amides is 1. The van der Waals surface area contributed by atoms with Gasteiger partial charge in [-0.1, -0.05) is 37.1 Å². The summed E-state index contributed by atoms with van der Waals surface area (Å²) in [6.07, 6.45) is 2.22. The van der Waals surface area contributed by atoms with Crippen LogP contribution in [0.25, 0.3) is 0 Å². The van der Waals surface area contributed by atoms with Crippen molar-refractivity contribution in [2.24, 2.45) is 0 Å². The van der Waals surface area contributed by atoms with Gasteiger partial charge in [-0.15, -0.1) is 11.8 Å². The van der Waals surface area contributed by atoms with E-state index in [1.54, 1.807) is 0 Å². The summed E-state index contributed by atoms with van der Waals surface area (Å²) in [5.41, 5.74) is 1.32. The van der Waals surface area contributed by atoms with Gasteiger partial charge in [0.25, 0.3) is 0 Å². The van der Waals surface area contributed by atoms with Crippen LogP contribution in [0.3, 0.4) is 0 Å². The van der Waals surface area contributed by atoms with Crippen molar-refractivity contribution in [1.82, 2.24) is 5.32 Å². The van der Waals surface area contributed by atoms with E-state index in [-0.39, 0.29) is 11.2 Å². The summed E-state index contributed by atoms with van der Waals surface area (Å²) in [7, 11) is 0. The smallest absolute Gasteiger partial charge is 0.233 e. The molecule has 0 aromatic heterocycles. The molecule has 5 heteroatoms. The van der Waals surface area contributed by atoms with Crippen LogP contribution in [0.15, 0.2) is 53.4 Å². The van der Waals surface area contributed by atoms with Crippen molar-refractivity contribution < 1.29 is 9.53 Å². The summed E-state index contributed by atoms with van der Waals surface area (Å²) >= 11 is 7.38. The summed E-state index contributed by atoms with van der Waals surface area (Å²) in [4.78, 5) is 13.2. The van der Waals surface area contributed by atoms with Gasteiger partial charge >= 0.3 is 0 Å². The van der Waals surface area contributed by atoms with Gasteiger partial charge in [-0.05, 0) is 55.3 Å². The molecule has 2 aromatic carbocycles. The number of thioether (sulfide) groups is 1. The molecule has 0 radical (unpaired) electrons. The molecule has 25 heavy (non-hydrogen) atoms.